The number of piperidine rings is 1. The van der Waals surface area contributed by atoms with Gasteiger partial charge in [-0.05, 0) is 54.9 Å². The van der Waals surface area contributed by atoms with Crippen molar-refractivity contribution in [3.8, 4) is 0 Å². The summed E-state index contributed by atoms with van der Waals surface area (Å²) < 4.78 is 0. The van der Waals surface area contributed by atoms with E-state index in [-0.39, 0.29) is 11.9 Å². The van der Waals surface area contributed by atoms with Gasteiger partial charge in [0.25, 0.3) is 5.91 Å². The van der Waals surface area contributed by atoms with E-state index in [2.05, 4.69) is 49.8 Å². The van der Waals surface area contributed by atoms with E-state index in [0.717, 1.165) is 35.3 Å². The molecule has 4 rings (SSSR count). The lowest BCUT2D eigenvalue weighted by molar-refractivity contribution is 0.0914. The maximum atomic E-state index is 13.1. The van der Waals surface area contributed by atoms with Gasteiger partial charge in [-0.15, -0.1) is 11.3 Å². The largest absolute Gasteiger partial charge is 0.350 e. The van der Waals surface area contributed by atoms with Crippen molar-refractivity contribution >= 4 is 29.0 Å². The lowest BCUT2D eigenvalue weighted by atomic mass is 9.97. The highest BCUT2D eigenvalue weighted by molar-refractivity contribution is 7.98. The number of thiophene rings is 1. The van der Waals surface area contributed by atoms with Gasteiger partial charge in [0.1, 0.15) is 6.33 Å². The smallest absolute Gasteiger partial charge is 0.251 e. The molecular weight excluding hydrogens is 414 g/mol. The minimum atomic E-state index is -0.0179. The standard InChI is InChI=1S/C22H27N5OS2/c1-16-8-10-27(11-9-16)19(20-7-4-12-29-20)13-23-21(28)18-6-3-2-5-17(18)14-30-22-24-15-25-26-22/h2-7,12,15-16,19H,8-11,13-14H2,1H3,(H,23,28)(H,24,25,26). The molecule has 0 saturated carbocycles. The fourth-order valence-corrected chi connectivity index (χ4v) is 5.44. The molecule has 1 amide bonds. The molecule has 0 radical (unpaired) electrons. The first-order chi connectivity index (χ1) is 14.7. The van der Waals surface area contributed by atoms with Crippen molar-refractivity contribution in [2.45, 2.75) is 36.7 Å². The summed E-state index contributed by atoms with van der Waals surface area (Å²) in [5.74, 6) is 1.43. The Labute approximate surface area is 185 Å². The highest BCUT2D eigenvalue weighted by Crippen LogP contribution is 2.29. The van der Waals surface area contributed by atoms with E-state index in [1.54, 1.807) is 23.1 Å². The Morgan fingerprint density at radius 2 is 2.13 bits per heavy atom. The predicted octanol–water partition coefficient (Wildman–Crippen LogP) is 4.36. The molecule has 1 fully saturated rings. The quantitative estimate of drug-likeness (QED) is 0.508. The van der Waals surface area contributed by atoms with Crippen molar-refractivity contribution in [2.24, 2.45) is 5.92 Å². The third-order valence-electron chi connectivity index (χ3n) is 5.61. The van der Waals surface area contributed by atoms with Gasteiger partial charge in [0.2, 0.25) is 0 Å². The van der Waals surface area contributed by atoms with Crippen LogP contribution in [0.15, 0.2) is 53.3 Å². The van der Waals surface area contributed by atoms with Crippen LogP contribution in [0.4, 0.5) is 0 Å². The number of rotatable bonds is 8. The van der Waals surface area contributed by atoms with Crippen molar-refractivity contribution < 1.29 is 4.79 Å². The number of nitrogens with zero attached hydrogens (tertiary/aromatic N) is 3. The summed E-state index contributed by atoms with van der Waals surface area (Å²) in [6, 6.07) is 12.3. The average Bonchev–Trinajstić information content (AvgIpc) is 3.48. The van der Waals surface area contributed by atoms with Gasteiger partial charge in [-0.25, -0.2) is 4.98 Å². The third-order valence-corrected chi connectivity index (χ3v) is 7.50. The zero-order chi connectivity index (χ0) is 20.8. The molecule has 1 aliphatic heterocycles. The minimum Gasteiger partial charge on any atom is -0.350 e. The second kappa shape index (κ2) is 10.2. The van der Waals surface area contributed by atoms with Crippen molar-refractivity contribution in [3.05, 3.63) is 64.1 Å². The number of amides is 1. The summed E-state index contributed by atoms with van der Waals surface area (Å²) in [7, 11) is 0. The van der Waals surface area contributed by atoms with Crippen LogP contribution in [0.5, 0.6) is 0 Å². The highest BCUT2D eigenvalue weighted by Gasteiger charge is 2.26. The number of aromatic amines is 1. The molecule has 158 valence electrons. The van der Waals surface area contributed by atoms with E-state index >= 15 is 0 Å². The van der Waals surface area contributed by atoms with Gasteiger partial charge in [-0.2, -0.15) is 5.10 Å². The second-order valence-electron chi connectivity index (χ2n) is 7.70. The topological polar surface area (TPSA) is 73.9 Å². The number of carbonyl (C=O) groups excluding carboxylic acids is 1. The van der Waals surface area contributed by atoms with Gasteiger partial charge < -0.3 is 5.32 Å². The molecule has 1 aliphatic rings. The number of likely N-dealkylation sites (tertiary alicyclic amines) is 1. The van der Waals surface area contributed by atoms with Crippen LogP contribution in [0.2, 0.25) is 0 Å². The van der Waals surface area contributed by atoms with Gasteiger partial charge in [-0.3, -0.25) is 14.8 Å². The summed E-state index contributed by atoms with van der Waals surface area (Å²) in [6.07, 6.45) is 3.93. The molecule has 6 nitrogen and oxygen atoms in total. The van der Waals surface area contributed by atoms with Crippen LogP contribution in [-0.4, -0.2) is 45.6 Å². The number of hydrogen-bond donors (Lipinski definition) is 2. The zero-order valence-electron chi connectivity index (χ0n) is 17.1. The van der Waals surface area contributed by atoms with Crippen LogP contribution in [0.25, 0.3) is 0 Å². The Balaban J connectivity index is 1.42. The van der Waals surface area contributed by atoms with Crippen LogP contribution < -0.4 is 5.32 Å². The Kier molecular flexibility index (Phi) is 7.20. The summed E-state index contributed by atoms with van der Waals surface area (Å²) in [5.41, 5.74) is 1.72. The van der Waals surface area contributed by atoms with Crippen molar-refractivity contribution in [3.63, 3.8) is 0 Å². The molecule has 30 heavy (non-hydrogen) atoms. The fourth-order valence-electron chi connectivity index (χ4n) is 3.79. The molecular formula is C22H27N5OS2. The van der Waals surface area contributed by atoms with Crippen LogP contribution >= 0.6 is 23.1 Å². The van der Waals surface area contributed by atoms with Gasteiger partial charge in [0, 0.05) is 22.7 Å². The first kappa shape index (κ1) is 21.1. The SMILES string of the molecule is CC1CCN(C(CNC(=O)c2ccccc2CSc2ncn[nH]2)c2cccs2)CC1. The number of hydrogen-bond acceptors (Lipinski definition) is 6. The molecule has 1 atom stereocenters. The van der Waals surface area contributed by atoms with E-state index in [0.29, 0.717) is 12.3 Å². The molecule has 0 aliphatic carbocycles. The highest BCUT2D eigenvalue weighted by atomic mass is 32.2. The van der Waals surface area contributed by atoms with Crippen molar-refractivity contribution in [1.82, 2.24) is 25.4 Å². The van der Waals surface area contributed by atoms with Gasteiger partial charge >= 0.3 is 0 Å². The fraction of sp³-hybridized carbons (Fsp3) is 0.409. The molecule has 2 N–H and O–H groups in total. The number of benzene rings is 1. The monoisotopic (exact) mass is 441 g/mol. The molecule has 1 unspecified atom stereocenters. The van der Waals surface area contributed by atoms with Crippen LogP contribution in [0.3, 0.4) is 0 Å². The van der Waals surface area contributed by atoms with E-state index in [1.165, 1.54) is 24.0 Å². The Hall–Kier alpha value is -2.16. The van der Waals surface area contributed by atoms with Crippen LogP contribution in [0, 0.1) is 5.92 Å². The number of thioether (sulfide) groups is 1. The molecule has 1 aromatic carbocycles. The molecule has 1 saturated heterocycles. The van der Waals surface area contributed by atoms with Gasteiger partial charge in [0.05, 0.1) is 6.04 Å². The first-order valence-corrected chi connectivity index (χ1v) is 12.2. The van der Waals surface area contributed by atoms with Crippen LogP contribution in [0.1, 0.15) is 46.6 Å². The third kappa shape index (κ3) is 5.30. The van der Waals surface area contributed by atoms with Gasteiger partial charge in [-0.1, -0.05) is 43.0 Å². The predicted molar refractivity (Wildman–Crippen MR) is 122 cm³/mol. The second-order valence-corrected chi connectivity index (χ2v) is 9.64. The van der Waals surface area contributed by atoms with Crippen LogP contribution in [-0.2, 0) is 5.75 Å². The van der Waals surface area contributed by atoms with Gasteiger partial charge in [0.15, 0.2) is 5.16 Å². The summed E-state index contributed by atoms with van der Waals surface area (Å²) >= 11 is 3.31. The lowest BCUT2D eigenvalue weighted by Gasteiger charge is -2.36. The summed E-state index contributed by atoms with van der Waals surface area (Å²) in [6.45, 7) is 5.12. The number of carbonyl (C=O) groups is 1. The Morgan fingerprint density at radius 1 is 1.30 bits per heavy atom. The molecule has 3 heterocycles. The van der Waals surface area contributed by atoms with Crippen molar-refractivity contribution in [1.29, 1.82) is 0 Å². The number of aromatic nitrogens is 3. The summed E-state index contributed by atoms with van der Waals surface area (Å²) in [5, 5.41) is 12.8. The van der Waals surface area contributed by atoms with E-state index < -0.39 is 0 Å². The van der Waals surface area contributed by atoms with Crippen molar-refractivity contribution in [2.75, 3.05) is 19.6 Å². The number of H-pyrrole nitrogens is 1. The maximum Gasteiger partial charge on any atom is 0.251 e. The molecule has 0 spiro atoms. The zero-order valence-corrected chi connectivity index (χ0v) is 18.7. The molecule has 8 heteroatoms. The molecule has 0 bridgehead atoms. The first-order valence-electron chi connectivity index (χ1n) is 10.3. The summed E-state index contributed by atoms with van der Waals surface area (Å²) in [4.78, 5) is 21.1. The van der Waals surface area contributed by atoms with E-state index in [4.69, 9.17) is 0 Å². The normalized spacial score (nSPS) is 16.4. The molecule has 3 aromatic rings. The Morgan fingerprint density at radius 3 is 2.87 bits per heavy atom. The average molecular weight is 442 g/mol. The minimum absolute atomic E-state index is 0.0179. The Bertz CT molecular complexity index is 921. The molecule has 2 aromatic heterocycles. The number of nitrogens with one attached hydrogen (secondary N) is 2. The van der Waals surface area contributed by atoms with E-state index in [9.17, 15) is 4.79 Å². The maximum absolute atomic E-state index is 13.1. The van der Waals surface area contributed by atoms with E-state index in [1.807, 2.05) is 24.3 Å². The lowest BCUT2D eigenvalue weighted by Crippen LogP contribution is -2.41.